The maximum atomic E-state index is 11.0. The molecule has 1 N–H and O–H groups in total. The molecule has 1 aliphatic heterocycles. The van der Waals surface area contributed by atoms with Crippen molar-refractivity contribution in [3.63, 3.8) is 0 Å². The first kappa shape index (κ1) is 9.77. The van der Waals surface area contributed by atoms with Crippen LogP contribution < -0.4 is 10.1 Å². The van der Waals surface area contributed by atoms with Crippen molar-refractivity contribution in [2.24, 2.45) is 0 Å². The van der Waals surface area contributed by atoms with E-state index in [1.54, 1.807) is 0 Å². The van der Waals surface area contributed by atoms with Gasteiger partial charge >= 0.3 is 0 Å². The summed E-state index contributed by atoms with van der Waals surface area (Å²) in [6.07, 6.45) is 1.88. The molecule has 1 aliphatic rings. The van der Waals surface area contributed by atoms with Crippen molar-refractivity contribution in [3.8, 4) is 5.75 Å². The highest BCUT2D eigenvalue weighted by molar-refractivity contribution is 5.87. The van der Waals surface area contributed by atoms with Gasteiger partial charge in [-0.25, -0.2) is 0 Å². The van der Waals surface area contributed by atoms with E-state index in [0.29, 0.717) is 6.61 Å². The summed E-state index contributed by atoms with van der Waals surface area (Å²) in [5.74, 6) is 0.805. The van der Waals surface area contributed by atoms with Crippen molar-refractivity contribution in [3.05, 3.63) is 35.4 Å². The number of rotatable bonds is 1. The third-order valence-corrected chi connectivity index (χ3v) is 2.33. The fraction of sp³-hybridized carbons (Fsp3) is 0.250. The fourth-order valence-corrected chi connectivity index (χ4v) is 1.68. The zero-order valence-corrected chi connectivity index (χ0v) is 8.83. The normalized spacial score (nSPS) is 13.6. The molecule has 0 unspecified atom stereocenters. The molecule has 2 rings (SSSR count). The van der Waals surface area contributed by atoms with Crippen LogP contribution >= 0.6 is 0 Å². The van der Waals surface area contributed by atoms with Crippen LogP contribution in [0.3, 0.4) is 0 Å². The van der Waals surface area contributed by atoms with Gasteiger partial charge in [-0.15, -0.1) is 0 Å². The van der Waals surface area contributed by atoms with Gasteiger partial charge in [-0.1, -0.05) is 12.1 Å². The van der Waals surface area contributed by atoms with E-state index in [9.17, 15) is 4.79 Å². The van der Waals surface area contributed by atoms with Crippen molar-refractivity contribution in [1.29, 1.82) is 0 Å². The average Bonchev–Trinajstić information content (AvgIpc) is 2.19. The van der Waals surface area contributed by atoms with Gasteiger partial charge < -0.3 is 10.1 Å². The summed E-state index contributed by atoms with van der Waals surface area (Å²) in [6.45, 7) is 4.01. The Hall–Kier alpha value is -1.77. The predicted octanol–water partition coefficient (Wildman–Crippen LogP) is 1.86. The molecule has 3 nitrogen and oxygen atoms in total. The van der Waals surface area contributed by atoms with Crippen molar-refractivity contribution in [1.82, 2.24) is 5.32 Å². The van der Waals surface area contributed by atoms with Crippen LogP contribution in [0, 0.1) is 6.92 Å². The minimum atomic E-state index is -0.0596. The molecule has 0 spiro atoms. The van der Waals surface area contributed by atoms with Crippen LogP contribution in [0.2, 0.25) is 0 Å². The molecule has 0 bridgehead atoms. The third kappa shape index (κ3) is 1.86. The highest BCUT2D eigenvalue weighted by atomic mass is 16.5. The Labute approximate surface area is 88.8 Å². The van der Waals surface area contributed by atoms with Gasteiger partial charge in [-0.05, 0) is 24.6 Å². The molecule has 1 amide bonds. The number of hydrogen-bond donors (Lipinski definition) is 1. The Morgan fingerprint density at radius 2 is 2.27 bits per heavy atom. The molecule has 0 aromatic heterocycles. The topological polar surface area (TPSA) is 38.3 Å². The summed E-state index contributed by atoms with van der Waals surface area (Å²) in [5.41, 5.74) is 2.88. The number of fused-ring (bicyclic) bond motifs is 1. The zero-order chi connectivity index (χ0) is 10.8. The van der Waals surface area contributed by atoms with Crippen molar-refractivity contribution >= 4 is 11.6 Å². The molecule has 0 aliphatic carbocycles. The van der Waals surface area contributed by atoms with Crippen LogP contribution in [0.25, 0.3) is 5.70 Å². The van der Waals surface area contributed by atoms with Crippen LogP contribution in [0.1, 0.15) is 18.1 Å². The molecule has 0 saturated carbocycles. The van der Waals surface area contributed by atoms with E-state index >= 15 is 0 Å². The number of nitrogens with one attached hydrogen (secondary N) is 1. The first-order chi connectivity index (χ1) is 7.18. The lowest BCUT2D eigenvalue weighted by Gasteiger charge is -2.20. The van der Waals surface area contributed by atoms with Gasteiger partial charge in [0.15, 0.2) is 0 Å². The highest BCUT2D eigenvalue weighted by Crippen LogP contribution is 2.31. The molecule has 0 atom stereocenters. The molecular formula is C12H13NO2. The smallest absolute Gasteiger partial charge is 0.221 e. The number of amides is 1. The molecule has 15 heavy (non-hydrogen) atoms. The number of para-hydroxylation sites is 1. The van der Waals surface area contributed by atoms with Gasteiger partial charge in [0, 0.05) is 12.5 Å². The van der Waals surface area contributed by atoms with Crippen LogP contribution in [-0.2, 0) is 4.79 Å². The maximum Gasteiger partial charge on any atom is 0.221 e. The molecule has 0 radical (unpaired) electrons. The minimum Gasteiger partial charge on any atom is -0.488 e. The first-order valence-electron chi connectivity index (χ1n) is 4.89. The van der Waals surface area contributed by atoms with Gasteiger partial charge in [-0.3, -0.25) is 4.79 Å². The second kappa shape index (κ2) is 3.77. The molecule has 78 valence electrons. The molecule has 0 saturated heterocycles. The summed E-state index contributed by atoms with van der Waals surface area (Å²) in [6, 6.07) is 5.90. The average molecular weight is 203 g/mol. The van der Waals surface area contributed by atoms with Gasteiger partial charge in [0.05, 0.1) is 5.70 Å². The van der Waals surface area contributed by atoms with Gasteiger partial charge in [0.1, 0.15) is 12.4 Å². The van der Waals surface area contributed by atoms with E-state index in [0.717, 1.165) is 22.6 Å². The van der Waals surface area contributed by atoms with Crippen LogP contribution in [-0.4, -0.2) is 12.5 Å². The fourth-order valence-electron chi connectivity index (χ4n) is 1.68. The maximum absolute atomic E-state index is 11.0. The van der Waals surface area contributed by atoms with Crippen LogP contribution in [0.15, 0.2) is 24.3 Å². The summed E-state index contributed by atoms with van der Waals surface area (Å²) >= 11 is 0. The molecule has 1 aromatic carbocycles. The number of carbonyl (C=O) groups is 1. The first-order valence-corrected chi connectivity index (χ1v) is 4.89. The van der Waals surface area contributed by atoms with E-state index in [-0.39, 0.29) is 5.91 Å². The Kier molecular flexibility index (Phi) is 2.46. The summed E-state index contributed by atoms with van der Waals surface area (Å²) < 4.78 is 5.54. The van der Waals surface area contributed by atoms with Gasteiger partial charge in [0.2, 0.25) is 5.91 Å². The lowest BCUT2D eigenvalue weighted by molar-refractivity contribution is -0.117. The van der Waals surface area contributed by atoms with Crippen molar-refractivity contribution in [2.75, 3.05) is 6.61 Å². The number of benzene rings is 1. The van der Waals surface area contributed by atoms with Gasteiger partial charge in [0.25, 0.3) is 0 Å². The monoisotopic (exact) mass is 203 g/mol. The van der Waals surface area contributed by atoms with E-state index in [1.165, 1.54) is 6.92 Å². The van der Waals surface area contributed by atoms with Crippen molar-refractivity contribution < 1.29 is 9.53 Å². The standard InChI is InChI=1S/C12H13NO2/c1-8-4-3-5-10-11(13-9(2)14)6-7-15-12(8)10/h3-6H,7H2,1-2H3,(H,13,14). The summed E-state index contributed by atoms with van der Waals surface area (Å²) in [4.78, 5) is 11.0. The van der Waals surface area contributed by atoms with E-state index < -0.39 is 0 Å². The largest absolute Gasteiger partial charge is 0.488 e. The van der Waals surface area contributed by atoms with Crippen LogP contribution in [0.5, 0.6) is 5.75 Å². The van der Waals surface area contributed by atoms with Crippen molar-refractivity contribution in [2.45, 2.75) is 13.8 Å². The lowest BCUT2D eigenvalue weighted by atomic mass is 10.0. The molecule has 3 heteroatoms. The predicted molar refractivity (Wildman–Crippen MR) is 58.5 cm³/mol. The zero-order valence-electron chi connectivity index (χ0n) is 8.83. The SMILES string of the molecule is CC(=O)NC1=CCOc2c(C)cccc21. The number of ether oxygens (including phenoxy) is 1. The molecular weight excluding hydrogens is 190 g/mol. The second-order valence-corrected chi connectivity index (χ2v) is 3.56. The van der Waals surface area contributed by atoms with E-state index in [1.807, 2.05) is 31.2 Å². The Morgan fingerprint density at radius 1 is 1.47 bits per heavy atom. The van der Waals surface area contributed by atoms with E-state index in [4.69, 9.17) is 4.74 Å². The minimum absolute atomic E-state index is 0.0596. The van der Waals surface area contributed by atoms with Gasteiger partial charge in [-0.2, -0.15) is 0 Å². The van der Waals surface area contributed by atoms with Crippen LogP contribution in [0.4, 0.5) is 0 Å². The second-order valence-electron chi connectivity index (χ2n) is 3.56. The molecule has 1 heterocycles. The highest BCUT2D eigenvalue weighted by Gasteiger charge is 2.15. The third-order valence-electron chi connectivity index (χ3n) is 2.33. The summed E-state index contributed by atoms with van der Waals surface area (Å²) in [5, 5.41) is 2.81. The van der Waals surface area contributed by atoms with E-state index in [2.05, 4.69) is 5.32 Å². The lowest BCUT2D eigenvalue weighted by Crippen LogP contribution is -2.21. The Balaban J connectivity index is 2.42. The molecule has 1 aromatic rings. The summed E-state index contributed by atoms with van der Waals surface area (Å²) in [7, 11) is 0. The number of aryl methyl sites for hydroxylation is 1. The molecule has 0 fully saturated rings. The quantitative estimate of drug-likeness (QED) is 0.756. The Bertz CT molecular complexity index is 435. The number of carbonyl (C=O) groups excluding carboxylic acids is 1. The number of hydrogen-bond acceptors (Lipinski definition) is 2. The Morgan fingerprint density at radius 3 is 3.00 bits per heavy atom.